The molecule has 1 aliphatic heterocycles. The minimum absolute atomic E-state index is 0.00180. The lowest BCUT2D eigenvalue weighted by Gasteiger charge is -2.31. The van der Waals surface area contributed by atoms with Crippen LogP contribution in [0.25, 0.3) is 0 Å². The van der Waals surface area contributed by atoms with E-state index in [1.165, 1.54) is 30.5 Å². The molecule has 0 spiro atoms. The maximum atomic E-state index is 12.0. The monoisotopic (exact) mass is 346 g/mol. The molecule has 6 nitrogen and oxygen atoms in total. The first-order chi connectivity index (χ1) is 12.0. The van der Waals surface area contributed by atoms with E-state index in [1.807, 2.05) is 31.9 Å². The second kappa shape index (κ2) is 9.42. The first-order valence-electron chi connectivity index (χ1n) is 9.07. The van der Waals surface area contributed by atoms with Gasteiger partial charge in [0.1, 0.15) is 0 Å². The van der Waals surface area contributed by atoms with Crippen LogP contribution in [-0.2, 0) is 11.3 Å². The van der Waals surface area contributed by atoms with E-state index in [0.717, 1.165) is 13.1 Å². The van der Waals surface area contributed by atoms with Crippen LogP contribution in [0.3, 0.4) is 0 Å². The van der Waals surface area contributed by atoms with Gasteiger partial charge in [0.2, 0.25) is 5.91 Å². The second-order valence-electron chi connectivity index (χ2n) is 7.03. The molecule has 0 atom stereocenters. The van der Waals surface area contributed by atoms with Crippen LogP contribution in [0, 0.1) is 0 Å². The van der Waals surface area contributed by atoms with Crippen LogP contribution >= 0.6 is 0 Å². The molecular formula is C19H30N4O2. The van der Waals surface area contributed by atoms with Crippen LogP contribution in [0.15, 0.2) is 24.3 Å². The molecule has 25 heavy (non-hydrogen) atoms. The van der Waals surface area contributed by atoms with Crippen molar-refractivity contribution in [2.75, 3.05) is 31.6 Å². The first kappa shape index (κ1) is 19.2. The topological polar surface area (TPSA) is 64.7 Å². The van der Waals surface area contributed by atoms with Crippen LogP contribution in [0.1, 0.15) is 38.7 Å². The van der Waals surface area contributed by atoms with Crippen molar-refractivity contribution in [1.82, 2.24) is 15.5 Å². The van der Waals surface area contributed by atoms with Gasteiger partial charge in [-0.3, -0.25) is 15.0 Å². The lowest BCUT2D eigenvalue weighted by atomic mass is 10.1. The highest BCUT2D eigenvalue weighted by molar-refractivity contribution is 5.95. The molecule has 0 aromatic heterocycles. The van der Waals surface area contributed by atoms with Gasteiger partial charge in [-0.1, -0.05) is 18.2 Å². The quantitative estimate of drug-likeness (QED) is 0.830. The van der Waals surface area contributed by atoms with E-state index in [0.29, 0.717) is 6.54 Å². The van der Waals surface area contributed by atoms with E-state index in [9.17, 15) is 9.59 Å². The van der Waals surface area contributed by atoms with Crippen LogP contribution < -0.4 is 15.5 Å². The van der Waals surface area contributed by atoms with Crippen LogP contribution in [0.4, 0.5) is 10.5 Å². The number of hydrogen-bond donors (Lipinski definition) is 2. The average Bonchev–Trinajstić information content (AvgIpc) is 2.55. The molecule has 1 fully saturated rings. The van der Waals surface area contributed by atoms with Gasteiger partial charge in [-0.25, -0.2) is 4.79 Å². The maximum Gasteiger partial charge on any atom is 0.321 e. The summed E-state index contributed by atoms with van der Waals surface area (Å²) in [6.07, 6.45) is 3.77. The number of para-hydroxylation sites is 1. The van der Waals surface area contributed by atoms with Crippen molar-refractivity contribution in [2.24, 2.45) is 0 Å². The Balaban J connectivity index is 1.90. The Morgan fingerprint density at radius 1 is 1.16 bits per heavy atom. The minimum Gasteiger partial charge on any atom is -0.371 e. The second-order valence-corrected chi connectivity index (χ2v) is 7.03. The van der Waals surface area contributed by atoms with Crippen molar-refractivity contribution in [2.45, 2.75) is 45.7 Å². The number of anilines is 1. The molecule has 1 aromatic carbocycles. The van der Waals surface area contributed by atoms with E-state index in [-0.39, 0.29) is 18.5 Å². The Kier molecular flexibility index (Phi) is 7.25. The molecule has 1 heterocycles. The van der Waals surface area contributed by atoms with Crippen molar-refractivity contribution in [3.05, 3.63) is 29.8 Å². The smallest absolute Gasteiger partial charge is 0.321 e. The third kappa shape index (κ3) is 6.38. The molecule has 0 bridgehead atoms. The number of benzene rings is 1. The van der Waals surface area contributed by atoms with Crippen molar-refractivity contribution < 1.29 is 9.59 Å². The molecule has 0 unspecified atom stereocenters. The van der Waals surface area contributed by atoms with Gasteiger partial charge < -0.3 is 10.2 Å². The number of rotatable bonds is 6. The SMILES string of the molecule is CC(C)NC(=O)NC(=O)CN(C)Cc1ccccc1N1CCCCC1. The van der Waals surface area contributed by atoms with Crippen LogP contribution in [0.5, 0.6) is 0 Å². The number of piperidine rings is 1. The molecule has 1 aliphatic rings. The largest absolute Gasteiger partial charge is 0.371 e. The van der Waals surface area contributed by atoms with Gasteiger partial charge in [-0.15, -0.1) is 0 Å². The van der Waals surface area contributed by atoms with Crippen molar-refractivity contribution >= 4 is 17.6 Å². The summed E-state index contributed by atoms with van der Waals surface area (Å²) in [6, 6.07) is 7.93. The Hall–Kier alpha value is -2.08. The molecule has 1 saturated heterocycles. The number of likely N-dealkylation sites (N-methyl/N-ethyl adjacent to an activating group) is 1. The normalized spacial score (nSPS) is 14.7. The van der Waals surface area contributed by atoms with Crippen molar-refractivity contribution in [1.29, 1.82) is 0 Å². The standard InChI is InChI=1S/C19H30N4O2/c1-15(2)20-19(25)21-18(24)14-22(3)13-16-9-5-6-10-17(16)23-11-7-4-8-12-23/h5-6,9-10,15H,4,7-8,11-14H2,1-3H3,(H2,20,21,24,25). The zero-order valence-corrected chi connectivity index (χ0v) is 15.5. The van der Waals surface area contributed by atoms with E-state index in [4.69, 9.17) is 0 Å². The van der Waals surface area contributed by atoms with Gasteiger partial charge in [-0.05, 0) is 51.8 Å². The first-order valence-corrected chi connectivity index (χ1v) is 9.07. The number of nitrogens with zero attached hydrogens (tertiary/aromatic N) is 2. The molecule has 0 saturated carbocycles. The molecule has 2 N–H and O–H groups in total. The zero-order chi connectivity index (χ0) is 18.2. The number of urea groups is 1. The van der Waals surface area contributed by atoms with Crippen molar-refractivity contribution in [3.63, 3.8) is 0 Å². The summed E-state index contributed by atoms with van der Waals surface area (Å²) in [7, 11) is 1.90. The van der Waals surface area contributed by atoms with Gasteiger partial charge in [0.25, 0.3) is 0 Å². The van der Waals surface area contributed by atoms with E-state index in [2.05, 4.69) is 33.7 Å². The summed E-state index contributed by atoms with van der Waals surface area (Å²) < 4.78 is 0. The van der Waals surface area contributed by atoms with Crippen LogP contribution in [0.2, 0.25) is 0 Å². The molecule has 3 amide bonds. The van der Waals surface area contributed by atoms with Crippen LogP contribution in [-0.4, -0.2) is 49.6 Å². The van der Waals surface area contributed by atoms with Gasteiger partial charge in [-0.2, -0.15) is 0 Å². The molecule has 6 heteroatoms. The molecular weight excluding hydrogens is 316 g/mol. The fourth-order valence-electron chi connectivity index (χ4n) is 3.14. The van der Waals surface area contributed by atoms with E-state index < -0.39 is 6.03 Å². The third-order valence-electron chi connectivity index (χ3n) is 4.21. The number of carbonyl (C=O) groups is 2. The predicted octanol–water partition coefficient (Wildman–Crippen LogP) is 2.34. The highest BCUT2D eigenvalue weighted by Crippen LogP contribution is 2.24. The molecule has 0 aliphatic carbocycles. The predicted molar refractivity (Wildman–Crippen MR) is 101 cm³/mol. The van der Waals surface area contributed by atoms with Gasteiger partial charge in [0.15, 0.2) is 0 Å². The van der Waals surface area contributed by atoms with E-state index >= 15 is 0 Å². The molecule has 1 aromatic rings. The number of imide groups is 1. The Morgan fingerprint density at radius 3 is 2.52 bits per heavy atom. The fraction of sp³-hybridized carbons (Fsp3) is 0.579. The number of amides is 3. The van der Waals surface area contributed by atoms with Gasteiger partial charge >= 0.3 is 6.03 Å². The summed E-state index contributed by atoms with van der Waals surface area (Å²) in [5.74, 6) is -0.295. The highest BCUT2D eigenvalue weighted by atomic mass is 16.2. The Morgan fingerprint density at radius 2 is 1.84 bits per heavy atom. The lowest BCUT2D eigenvalue weighted by molar-refractivity contribution is -0.120. The minimum atomic E-state index is -0.442. The third-order valence-corrected chi connectivity index (χ3v) is 4.21. The highest BCUT2D eigenvalue weighted by Gasteiger charge is 2.16. The van der Waals surface area contributed by atoms with Gasteiger partial charge in [0, 0.05) is 31.4 Å². The van der Waals surface area contributed by atoms with Gasteiger partial charge in [0.05, 0.1) is 6.54 Å². The Labute approximate surface area is 150 Å². The number of hydrogen-bond acceptors (Lipinski definition) is 4. The molecule has 0 radical (unpaired) electrons. The zero-order valence-electron chi connectivity index (χ0n) is 15.5. The summed E-state index contributed by atoms with van der Waals surface area (Å²) in [5.41, 5.74) is 2.47. The number of carbonyl (C=O) groups excluding carboxylic acids is 2. The summed E-state index contributed by atoms with van der Waals surface area (Å²) in [4.78, 5) is 28.0. The Bertz CT molecular complexity index is 583. The summed E-state index contributed by atoms with van der Waals surface area (Å²) in [6.45, 7) is 6.75. The summed E-state index contributed by atoms with van der Waals surface area (Å²) in [5, 5.41) is 5.02. The summed E-state index contributed by atoms with van der Waals surface area (Å²) >= 11 is 0. The van der Waals surface area contributed by atoms with E-state index in [1.54, 1.807) is 0 Å². The van der Waals surface area contributed by atoms with Crippen molar-refractivity contribution in [3.8, 4) is 0 Å². The fourth-order valence-corrected chi connectivity index (χ4v) is 3.14. The average molecular weight is 346 g/mol. The lowest BCUT2D eigenvalue weighted by Crippen LogP contribution is -2.45. The molecule has 138 valence electrons. The number of nitrogens with one attached hydrogen (secondary N) is 2. The molecule has 2 rings (SSSR count). The maximum absolute atomic E-state index is 12.0.